The lowest BCUT2D eigenvalue weighted by Gasteiger charge is -2.11. The first-order valence-electron chi connectivity index (χ1n) is 5.44. The maximum Gasteiger partial charge on any atom is 0.283 e. The third-order valence-corrected chi connectivity index (χ3v) is 2.74. The van der Waals surface area contributed by atoms with Gasteiger partial charge in [-0.1, -0.05) is 5.16 Å². The van der Waals surface area contributed by atoms with Gasteiger partial charge >= 0.3 is 0 Å². The van der Waals surface area contributed by atoms with Gasteiger partial charge in [-0.3, -0.25) is 0 Å². The molecule has 2 aromatic rings. The van der Waals surface area contributed by atoms with Crippen molar-refractivity contribution < 1.29 is 14.0 Å². The molecule has 2 rings (SSSR count). The van der Waals surface area contributed by atoms with E-state index in [0.29, 0.717) is 24.9 Å². The van der Waals surface area contributed by atoms with Crippen LogP contribution >= 0.6 is 11.3 Å². The Morgan fingerprint density at radius 1 is 1.35 bits per heavy atom. The molecule has 0 bridgehead atoms. The summed E-state index contributed by atoms with van der Waals surface area (Å²) in [7, 11) is 0. The Balaban J connectivity index is 2.15. The third kappa shape index (κ3) is 2.91. The van der Waals surface area contributed by atoms with E-state index in [9.17, 15) is 0 Å². The summed E-state index contributed by atoms with van der Waals surface area (Å²) in [5.74, 6) is 0.917. The average Bonchev–Trinajstić information content (AvgIpc) is 2.99. The number of hydrogen-bond donors (Lipinski definition) is 0. The summed E-state index contributed by atoms with van der Waals surface area (Å²) in [5, 5.41) is 7.83. The van der Waals surface area contributed by atoms with Crippen LogP contribution < -0.4 is 0 Å². The van der Waals surface area contributed by atoms with Gasteiger partial charge in [0, 0.05) is 24.2 Å². The predicted molar refractivity (Wildman–Crippen MR) is 63.6 cm³/mol. The lowest BCUT2D eigenvalue weighted by atomic mass is 10.3. The molecule has 0 unspecified atom stereocenters. The molecule has 0 amide bonds. The summed E-state index contributed by atoms with van der Waals surface area (Å²) in [6.07, 6.45) is -0.579. The molecule has 0 spiro atoms. The Labute approximate surface area is 103 Å². The molecule has 0 aliphatic carbocycles. The molecular weight excluding hydrogens is 240 g/mol. The van der Waals surface area contributed by atoms with Crippen LogP contribution in [0.4, 0.5) is 0 Å². The van der Waals surface area contributed by atoms with Gasteiger partial charge in [0.05, 0.1) is 0 Å². The van der Waals surface area contributed by atoms with Gasteiger partial charge in [0.2, 0.25) is 12.1 Å². The fourth-order valence-electron chi connectivity index (χ4n) is 1.33. The van der Waals surface area contributed by atoms with Crippen LogP contribution in [0.2, 0.25) is 0 Å². The maximum absolute atomic E-state index is 5.38. The molecule has 0 saturated heterocycles. The fourth-order valence-corrected chi connectivity index (χ4v) is 1.97. The average molecular weight is 254 g/mol. The zero-order chi connectivity index (χ0) is 12.1. The minimum absolute atomic E-state index is 0.356. The summed E-state index contributed by atoms with van der Waals surface area (Å²) in [6.45, 7) is 4.84. The van der Waals surface area contributed by atoms with Crippen molar-refractivity contribution in [2.24, 2.45) is 0 Å². The van der Waals surface area contributed by atoms with Gasteiger partial charge in [0.15, 0.2) is 0 Å². The molecular formula is C11H14N2O3S. The highest BCUT2D eigenvalue weighted by atomic mass is 32.1. The zero-order valence-electron chi connectivity index (χ0n) is 9.75. The molecule has 0 fully saturated rings. The van der Waals surface area contributed by atoms with E-state index >= 15 is 0 Å². The number of ether oxygens (including phenoxy) is 2. The first-order valence-corrected chi connectivity index (χ1v) is 6.38. The number of nitrogens with zero attached hydrogens (tertiary/aromatic N) is 2. The Bertz CT molecular complexity index is 435. The quantitative estimate of drug-likeness (QED) is 0.742. The fraction of sp³-hybridized carbons (Fsp3) is 0.455. The summed E-state index contributed by atoms with van der Waals surface area (Å²) in [4.78, 5) is 4.27. The molecule has 17 heavy (non-hydrogen) atoms. The van der Waals surface area contributed by atoms with Crippen molar-refractivity contribution in [3.05, 3.63) is 22.7 Å². The van der Waals surface area contributed by atoms with Gasteiger partial charge in [0.1, 0.15) is 0 Å². The largest absolute Gasteiger partial charge is 0.345 e. The van der Waals surface area contributed by atoms with Crippen LogP contribution in [-0.2, 0) is 9.47 Å². The van der Waals surface area contributed by atoms with Crippen LogP contribution in [0.1, 0.15) is 26.0 Å². The molecule has 0 aliphatic heterocycles. The lowest BCUT2D eigenvalue weighted by molar-refractivity contribution is -0.155. The molecule has 6 heteroatoms. The van der Waals surface area contributed by atoms with Gasteiger partial charge in [-0.25, -0.2) is 0 Å². The van der Waals surface area contributed by atoms with Gasteiger partial charge < -0.3 is 14.0 Å². The highest BCUT2D eigenvalue weighted by Gasteiger charge is 2.20. The van der Waals surface area contributed by atoms with Crippen molar-refractivity contribution in [3.8, 4) is 11.4 Å². The monoisotopic (exact) mass is 254 g/mol. The van der Waals surface area contributed by atoms with E-state index in [-0.39, 0.29) is 0 Å². The molecule has 0 N–H and O–H groups in total. The smallest absolute Gasteiger partial charge is 0.283 e. The molecule has 0 aliphatic rings. The third-order valence-electron chi connectivity index (χ3n) is 2.06. The van der Waals surface area contributed by atoms with E-state index in [4.69, 9.17) is 14.0 Å². The number of aromatic nitrogens is 2. The van der Waals surface area contributed by atoms with Crippen molar-refractivity contribution in [2.75, 3.05) is 13.2 Å². The second-order valence-electron chi connectivity index (χ2n) is 3.21. The highest BCUT2D eigenvalue weighted by Crippen LogP contribution is 2.23. The van der Waals surface area contributed by atoms with Crippen molar-refractivity contribution in [1.82, 2.24) is 10.1 Å². The van der Waals surface area contributed by atoms with Crippen LogP contribution in [-0.4, -0.2) is 23.4 Å². The van der Waals surface area contributed by atoms with E-state index in [0.717, 1.165) is 5.56 Å². The Kier molecular flexibility index (Phi) is 4.24. The minimum Gasteiger partial charge on any atom is -0.345 e. The Hall–Kier alpha value is -1.24. The minimum atomic E-state index is -0.579. The van der Waals surface area contributed by atoms with Crippen molar-refractivity contribution in [3.63, 3.8) is 0 Å². The molecule has 2 heterocycles. The Morgan fingerprint density at radius 2 is 2.12 bits per heavy atom. The van der Waals surface area contributed by atoms with Crippen molar-refractivity contribution in [1.29, 1.82) is 0 Å². The summed E-state index contributed by atoms with van der Waals surface area (Å²) < 4.78 is 15.9. The first kappa shape index (κ1) is 12.2. The number of thiophene rings is 1. The standard InChI is InChI=1S/C11H14N2O3S/c1-3-14-11(15-4-2)10-12-9(13-16-10)8-5-6-17-7-8/h5-7,11H,3-4H2,1-2H3. The second kappa shape index (κ2) is 5.90. The molecule has 92 valence electrons. The van der Waals surface area contributed by atoms with Gasteiger partial charge in [-0.15, -0.1) is 0 Å². The SMILES string of the molecule is CCOC(OCC)c1nc(-c2ccsc2)no1. The number of hydrogen-bond acceptors (Lipinski definition) is 6. The van der Waals surface area contributed by atoms with Crippen LogP contribution in [0.25, 0.3) is 11.4 Å². The van der Waals surface area contributed by atoms with E-state index in [1.165, 1.54) is 0 Å². The topological polar surface area (TPSA) is 57.4 Å². The van der Waals surface area contributed by atoms with Crippen molar-refractivity contribution in [2.45, 2.75) is 20.1 Å². The molecule has 5 nitrogen and oxygen atoms in total. The summed E-state index contributed by atoms with van der Waals surface area (Å²) >= 11 is 1.59. The second-order valence-corrected chi connectivity index (χ2v) is 3.99. The van der Waals surface area contributed by atoms with E-state index < -0.39 is 6.29 Å². The molecule has 0 radical (unpaired) electrons. The van der Waals surface area contributed by atoms with E-state index in [2.05, 4.69) is 10.1 Å². The van der Waals surface area contributed by atoms with Gasteiger partial charge in [-0.05, 0) is 25.3 Å². The predicted octanol–water partition coefficient (Wildman–Crippen LogP) is 2.87. The van der Waals surface area contributed by atoms with Crippen LogP contribution in [0, 0.1) is 0 Å². The van der Waals surface area contributed by atoms with Crippen LogP contribution in [0.5, 0.6) is 0 Å². The van der Waals surface area contributed by atoms with E-state index in [1.54, 1.807) is 11.3 Å². The van der Waals surface area contributed by atoms with Gasteiger partial charge in [-0.2, -0.15) is 16.3 Å². The molecule has 0 aromatic carbocycles. The highest BCUT2D eigenvalue weighted by molar-refractivity contribution is 7.08. The molecule has 2 aromatic heterocycles. The lowest BCUT2D eigenvalue weighted by Crippen LogP contribution is -2.09. The molecule has 0 saturated carbocycles. The van der Waals surface area contributed by atoms with Crippen LogP contribution in [0.3, 0.4) is 0 Å². The molecule has 0 atom stereocenters. The normalized spacial score (nSPS) is 11.2. The van der Waals surface area contributed by atoms with Crippen LogP contribution in [0.15, 0.2) is 21.3 Å². The van der Waals surface area contributed by atoms with Gasteiger partial charge in [0.25, 0.3) is 5.89 Å². The zero-order valence-corrected chi connectivity index (χ0v) is 10.6. The van der Waals surface area contributed by atoms with Crippen molar-refractivity contribution >= 4 is 11.3 Å². The number of rotatable bonds is 6. The Morgan fingerprint density at radius 3 is 2.71 bits per heavy atom. The summed E-state index contributed by atoms with van der Waals surface area (Å²) in [5.41, 5.74) is 0.941. The maximum atomic E-state index is 5.38. The van der Waals surface area contributed by atoms with E-state index in [1.807, 2.05) is 30.7 Å². The first-order chi connectivity index (χ1) is 8.35. The summed E-state index contributed by atoms with van der Waals surface area (Å²) in [6, 6.07) is 1.94.